The Morgan fingerprint density at radius 1 is 1.31 bits per heavy atom. The number of nitrogens with one attached hydrogen (secondary N) is 2. The molecule has 0 bridgehead atoms. The van der Waals surface area contributed by atoms with E-state index >= 15 is 0 Å². The largest absolute Gasteiger partial charge is 0.493 e. The molecule has 12 nitrogen and oxygen atoms in total. The van der Waals surface area contributed by atoms with Crippen LogP contribution in [-0.4, -0.2) is 76.2 Å². The zero-order valence-corrected chi connectivity index (χ0v) is 21.0. The Bertz CT molecular complexity index is 1180. The Labute approximate surface area is 209 Å². The van der Waals surface area contributed by atoms with Crippen LogP contribution < -0.4 is 25.0 Å². The molecule has 3 N–H and O–H groups in total. The molecule has 0 saturated carbocycles. The van der Waals surface area contributed by atoms with Gasteiger partial charge in [-0.2, -0.15) is 4.98 Å². The molecule has 0 unspecified atom stereocenters. The second kappa shape index (κ2) is 12.7. The van der Waals surface area contributed by atoms with Gasteiger partial charge in [0.25, 0.3) is 12.4 Å². The zero-order valence-electron chi connectivity index (χ0n) is 21.0. The molecule has 1 aliphatic rings. The lowest BCUT2D eigenvalue weighted by molar-refractivity contribution is -0.122. The minimum atomic E-state index is -0.354. The molecule has 1 fully saturated rings. The van der Waals surface area contributed by atoms with E-state index in [-0.39, 0.29) is 23.8 Å². The second-order valence-corrected chi connectivity index (χ2v) is 8.06. The summed E-state index contributed by atoms with van der Waals surface area (Å²) in [5, 5.41) is 13.2. The Morgan fingerprint density at radius 3 is 2.67 bits per heavy atom. The molecular formula is C24H33N7O5. The number of ether oxygens (including phenoxy) is 2. The fraction of sp³-hybridized carbons (Fsp3) is 0.458. The van der Waals surface area contributed by atoms with Crippen LogP contribution in [0.25, 0.3) is 5.65 Å². The van der Waals surface area contributed by atoms with Crippen LogP contribution in [0, 0.1) is 6.92 Å². The number of hydrogen-bond acceptors (Lipinski definition) is 9. The lowest BCUT2D eigenvalue weighted by Crippen LogP contribution is -2.44. The number of pyridine rings is 1. The summed E-state index contributed by atoms with van der Waals surface area (Å²) in [6, 6.07) is 2.11. The van der Waals surface area contributed by atoms with Crippen molar-refractivity contribution in [3.8, 4) is 11.6 Å². The Morgan fingerprint density at radius 2 is 2.03 bits per heavy atom. The first-order chi connectivity index (χ1) is 17.4. The highest BCUT2D eigenvalue weighted by Crippen LogP contribution is 2.26. The van der Waals surface area contributed by atoms with E-state index in [9.17, 15) is 4.79 Å². The highest BCUT2D eigenvalue weighted by Gasteiger charge is 2.24. The van der Waals surface area contributed by atoms with Gasteiger partial charge in [0, 0.05) is 37.2 Å². The first-order valence-electron chi connectivity index (χ1n) is 11.8. The van der Waals surface area contributed by atoms with Gasteiger partial charge in [0.2, 0.25) is 11.8 Å². The average Bonchev–Trinajstić information content (AvgIpc) is 3.25. The van der Waals surface area contributed by atoms with Crippen molar-refractivity contribution in [2.45, 2.75) is 39.7 Å². The summed E-state index contributed by atoms with van der Waals surface area (Å²) < 4.78 is 13.0. The fourth-order valence-electron chi connectivity index (χ4n) is 4.19. The standard InChI is InChI=1S/C23H31N7O3.CH2O2/c1-5-30(17-7-9-24-10-8-17)23-25-12-18(22(28-23)33-6-2)21(31)27-16-11-19(32-4)20-26-15(3)13-29(20)14-16;2-1-3/h11-14,17,24H,5-10H2,1-4H3,(H,27,31);1H,(H,2,3). The number of piperidine rings is 1. The van der Waals surface area contributed by atoms with Crippen molar-refractivity contribution in [2.75, 3.05) is 43.6 Å². The summed E-state index contributed by atoms with van der Waals surface area (Å²) in [5.74, 6) is 1.08. The monoisotopic (exact) mass is 499 g/mol. The Balaban J connectivity index is 0.00000115. The van der Waals surface area contributed by atoms with E-state index in [0.29, 0.717) is 35.7 Å². The van der Waals surface area contributed by atoms with E-state index in [2.05, 4.69) is 37.4 Å². The quantitative estimate of drug-likeness (QED) is 0.395. The smallest absolute Gasteiger partial charge is 0.290 e. The molecule has 0 aliphatic carbocycles. The SMILES string of the molecule is CCOc1nc(N(CC)C2CCNCC2)ncc1C(=O)Nc1cc(OC)c2nc(C)cn2c1.O=CO. The molecule has 12 heteroatoms. The lowest BCUT2D eigenvalue weighted by Gasteiger charge is -2.34. The average molecular weight is 500 g/mol. The van der Waals surface area contributed by atoms with Crippen LogP contribution >= 0.6 is 0 Å². The van der Waals surface area contributed by atoms with Gasteiger partial charge in [-0.25, -0.2) is 9.97 Å². The molecule has 0 radical (unpaired) electrons. The molecular weight excluding hydrogens is 466 g/mol. The number of methoxy groups -OCH3 is 1. The molecule has 0 spiro atoms. The maximum Gasteiger partial charge on any atom is 0.290 e. The van der Waals surface area contributed by atoms with Gasteiger partial charge in [-0.1, -0.05) is 0 Å². The predicted octanol–water partition coefficient (Wildman–Crippen LogP) is 2.37. The third kappa shape index (κ3) is 6.19. The molecule has 3 aromatic rings. The van der Waals surface area contributed by atoms with Crippen molar-refractivity contribution in [1.82, 2.24) is 24.7 Å². The third-order valence-electron chi connectivity index (χ3n) is 5.73. The number of rotatable bonds is 8. The van der Waals surface area contributed by atoms with E-state index in [1.165, 1.54) is 0 Å². The van der Waals surface area contributed by atoms with Crippen LogP contribution in [0.4, 0.5) is 11.6 Å². The molecule has 0 atom stereocenters. The molecule has 4 heterocycles. The van der Waals surface area contributed by atoms with E-state index in [4.69, 9.17) is 19.4 Å². The minimum Gasteiger partial charge on any atom is -0.493 e. The van der Waals surface area contributed by atoms with Crippen molar-refractivity contribution >= 4 is 29.7 Å². The van der Waals surface area contributed by atoms with Gasteiger partial charge in [-0.3, -0.25) is 9.59 Å². The topological polar surface area (TPSA) is 143 Å². The second-order valence-electron chi connectivity index (χ2n) is 8.06. The molecule has 4 rings (SSSR count). The fourth-order valence-corrected chi connectivity index (χ4v) is 4.19. The van der Waals surface area contributed by atoms with Gasteiger partial charge in [0.1, 0.15) is 5.56 Å². The van der Waals surface area contributed by atoms with E-state index in [0.717, 1.165) is 38.2 Å². The third-order valence-corrected chi connectivity index (χ3v) is 5.73. The van der Waals surface area contributed by atoms with E-state index in [1.54, 1.807) is 25.6 Å². The highest BCUT2D eigenvalue weighted by molar-refractivity contribution is 6.05. The normalized spacial score (nSPS) is 13.4. The van der Waals surface area contributed by atoms with E-state index < -0.39 is 0 Å². The lowest BCUT2D eigenvalue weighted by atomic mass is 10.1. The number of nitrogens with zero attached hydrogens (tertiary/aromatic N) is 5. The van der Waals surface area contributed by atoms with Gasteiger partial charge < -0.3 is 34.5 Å². The summed E-state index contributed by atoms with van der Waals surface area (Å²) in [7, 11) is 1.58. The van der Waals surface area contributed by atoms with Crippen LogP contribution in [0.5, 0.6) is 11.6 Å². The van der Waals surface area contributed by atoms with Crippen LogP contribution in [-0.2, 0) is 4.79 Å². The molecule has 1 aliphatic heterocycles. The first kappa shape index (κ1) is 26.7. The molecule has 1 saturated heterocycles. The number of amides is 1. The van der Waals surface area contributed by atoms with Crippen molar-refractivity contribution in [1.29, 1.82) is 0 Å². The number of anilines is 2. The summed E-state index contributed by atoms with van der Waals surface area (Å²) in [4.78, 5) is 37.3. The van der Waals surface area contributed by atoms with Crippen LogP contribution in [0.15, 0.2) is 24.7 Å². The summed E-state index contributed by atoms with van der Waals surface area (Å²) in [6.45, 7) is 8.74. The van der Waals surface area contributed by atoms with Gasteiger partial charge in [0.15, 0.2) is 11.4 Å². The number of carbonyl (C=O) groups excluding carboxylic acids is 1. The summed E-state index contributed by atoms with van der Waals surface area (Å²) >= 11 is 0. The highest BCUT2D eigenvalue weighted by atomic mass is 16.5. The molecule has 0 aromatic carbocycles. The summed E-state index contributed by atoms with van der Waals surface area (Å²) in [6.07, 6.45) is 7.27. The number of aromatic nitrogens is 4. The van der Waals surface area contributed by atoms with Crippen molar-refractivity contribution < 1.29 is 24.2 Å². The van der Waals surface area contributed by atoms with Crippen LogP contribution in [0.1, 0.15) is 42.7 Å². The Hall–Kier alpha value is -3.93. The van der Waals surface area contributed by atoms with Gasteiger partial charge in [-0.05, 0) is 46.7 Å². The molecule has 3 aromatic heterocycles. The van der Waals surface area contributed by atoms with Crippen molar-refractivity contribution in [3.05, 3.63) is 35.9 Å². The predicted molar refractivity (Wildman–Crippen MR) is 135 cm³/mol. The number of imidazole rings is 1. The van der Waals surface area contributed by atoms with E-state index in [1.807, 2.05) is 24.4 Å². The van der Waals surface area contributed by atoms with Gasteiger partial charge >= 0.3 is 0 Å². The van der Waals surface area contributed by atoms with Crippen LogP contribution in [0.2, 0.25) is 0 Å². The summed E-state index contributed by atoms with van der Waals surface area (Å²) in [5.41, 5.74) is 2.39. The molecule has 1 amide bonds. The van der Waals surface area contributed by atoms with Crippen LogP contribution in [0.3, 0.4) is 0 Å². The van der Waals surface area contributed by atoms with Gasteiger partial charge in [0.05, 0.1) is 25.1 Å². The number of carbonyl (C=O) groups is 2. The number of aryl methyl sites for hydroxylation is 1. The minimum absolute atomic E-state index is 0.250. The number of fused-ring (bicyclic) bond motifs is 1. The Kier molecular flexibility index (Phi) is 9.39. The first-order valence-corrected chi connectivity index (χ1v) is 11.8. The maximum atomic E-state index is 13.1. The number of carboxylic acid groups (broad SMARTS) is 1. The van der Waals surface area contributed by atoms with Crippen molar-refractivity contribution in [3.63, 3.8) is 0 Å². The maximum absolute atomic E-state index is 13.1. The van der Waals surface area contributed by atoms with Gasteiger partial charge in [-0.15, -0.1) is 0 Å². The number of hydrogen-bond donors (Lipinski definition) is 3. The molecule has 36 heavy (non-hydrogen) atoms. The van der Waals surface area contributed by atoms with Crippen molar-refractivity contribution in [2.24, 2.45) is 0 Å². The molecule has 194 valence electrons. The zero-order chi connectivity index (χ0) is 26.1.